The summed E-state index contributed by atoms with van der Waals surface area (Å²) in [5.74, 6) is 1.77. The van der Waals surface area contributed by atoms with Crippen LogP contribution >= 0.6 is 0 Å². The van der Waals surface area contributed by atoms with E-state index in [9.17, 15) is 0 Å². The summed E-state index contributed by atoms with van der Waals surface area (Å²) < 4.78 is 11.3. The number of fused-ring (bicyclic) bond motifs is 4. The number of rotatable bonds is 0. The fourth-order valence-corrected chi connectivity index (χ4v) is 3.05. The van der Waals surface area contributed by atoms with Gasteiger partial charge in [-0.2, -0.15) is 0 Å². The summed E-state index contributed by atoms with van der Waals surface area (Å²) in [6, 6.07) is 4.87. The molecule has 1 saturated heterocycles. The molecular formula is C13H16N2O2. The van der Waals surface area contributed by atoms with Crippen molar-refractivity contribution in [2.45, 2.75) is 18.9 Å². The Labute approximate surface area is 101 Å². The summed E-state index contributed by atoms with van der Waals surface area (Å²) in [6.45, 7) is 3.52. The summed E-state index contributed by atoms with van der Waals surface area (Å²) in [7, 11) is 0. The van der Waals surface area contributed by atoms with Gasteiger partial charge in [-0.05, 0) is 12.8 Å². The molecule has 3 heterocycles. The Kier molecular flexibility index (Phi) is 1.92. The van der Waals surface area contributed by atoms with Gasteiger partial charge in [0.2, 0.25) is 0 Å². The van der Waals surface area contributed by atoms with Crippen LogP contribution in [0.5, 0.6) is 11.5 Å². The van der Waals surface area contributed by atoms with Crippen LogP contribution < -0.4 is 19.7 Å². The maximum Gasteiger partial charge on any atom is 0.163 e. The topological polar surface area (TPSA) is 33.7 Å². The Balaban J connectivity index is 1.81. The van der Waals surface area contributed by atoms with Crippen LogP contribution in [-0.4, -0.2) is 32.3 Å². The normalized spacial score (nSPS) is 24.9. The summed E-state index contributed by atoms with van der Waals surface area (Å²) in [5.41, 5.74) is 2.47. The Morgan fingerprint density at radius 3 is 2.88 bits per heavy atom. The number of hydrogen-bond acceptors (Lipinski definition) is 4. The fourth-order valence-electron chi connectivity index (χ4n) is 3.05. The molecule has 1 unspecified atom stereocenters. The van der Waals surface area contributed by atoms with Gasteiger partial charge in [0.15, 0.2) is 11.5 Å². The standard InChI is InChI=1S/C13H16N2O2/c1-2-9-8-14-10-6-12-13(17-5-4-16-12)7-11(10)15(9)3-1/h6-7,9,14H,1-5,8H2. The molecule has 90 valence electrons. The number of nitrogens with zero attached hydrogens (tertiary/aromatic N) is 1. The van der Waals surface area contributed by atoms with Crippen molar-refractivity contribution in [3.63, 3.8) is 0 Å². The highest BCUT2D eigenvalue weighted by Gasteiger charge is 2.31. The molecule has 0 radical (unpaired) electrons. The number of anilines is 2. The second kappa shape index (κ2) is 3.45. The quantitative estimate of drug-likeness (QED) is 0.740. The van der Waals surface area contributed by atoms with Gasteiger partial charge in [0.25, 0.3) is 0 Å². The van der Waals surface area contributed by atoms with Crippen molar-refractivity contribution in [1.29, 1.82) is 0 Å². The van der Waals surface area contributed by atoms with Crippen molar-refractivity contribution in [2.75, 3.05) is 36.5 Å². The zero-order valence-corrected chi connectivity index (χ0v) is 9.74. The van der Waals surface area contributed by atoms with Gasteiger partial charge in [-0.15, -0.1) is 0 Å². The molecular weight excluding hydrogens is 216 g/mol. The minimum absolute atomic E-state index is 0.651. The van der Waals surface area contributed by atoms with Crippen LogP contribution in [0.2, 0.25) is 0 Å². The van der Waals surface area contributed by atoms with E-state index in [1.807, 2.05) is 0 Å². The van der Waals surface area contributed by atoms with Crippen LogP contribution in [0.3, 0.4) is 0 Å². The average Bonchev–Trinajstić information content (AvgIpc) is 2.85. The van der Waals surface area contributed by atoms with Crippen LogP contribution in [-0.2, 0) is 0 Å². The van der Waals surface area contributed by atoms with E-state index in [2.05, 4.69) is 22.3 Å². The molecule has 1 aromatic carbocycles. The van der Waals surface area contributed by atoms with Crippen LogP contribution in [0.15, 0.2) is 12.1 Å². The maximum atomic E-state index is 5.66. The molecule has 0 bridgehead atoms. The van der Waals surface area contributed by atoms with E-state index >= 15 is 0 Å². The smallest absolute Gasteiger partial charge is 0.163 e. The van der Waals surface area contributed by atoms with Crippen LogP contribution in [0.4, 0.5) is 11.4 Å². The molecule has 4 heteroatoms. The summed E-state index contributed by atoms with van der Waals surface area (Å²) >= 11 is 0. The molecule has 4 nitrogen and oxygen atoms in total. The van der Waals surface area contributed by atoms with Gasteiger partial charge < -0.3 is 19.7 Å². The number of ether oxygens (including phenoxy) is 2. The Hall–Kier alpha value is -1.58. The van der Waals surface area contributed by atoms with Gasteiger partial charge in [0.1, 0.15) is 13.2 Å². The lowest BCUT2D eigenvalue weighted by molar-refractivity contribution is 0.171. The maximum absolute atomic E-state index is 5.66. The molecule has 1 aromatic rings. The highest BCUT2D eigenvalue weighted by atomic mass is 16.6. The number of hydrogen-bond donors (Lipinski definition) is 1. The lowest BCUT2D eigenvalue weighted by Gasteiger charge is -2.35. The van der Waals surface area contributed by atoms with Crippen LogP contribution in [0, 0.1) is 0 Å². The third kappa shape index (κ3) is 1.36. The molecule has 1 N–H and O–H groups in total. The third-order valence-corrected chi connectivity index (χ3v) is 3.88. The molecule has 1 fully saturated rings. The minimum Gasteiger partial charge on any atom is -0.486 e. The first kappa shape index (κ1) is 9.45. The van der Waals surface area contributed by atoms with Crippen molar-refractivity contribution >= 4 is 11.4 Å². The van der Waals surface area contributed by atoms with Gasteiger partial charge in [0.05, 0.1) is 11.4 Å². The van der Waals surface area contributed by atoms with E-state index in [4.69, 9.17) is 9.47 Å². The van der Waals surface area contributed by atoms with Crippen LogP contribution in [0.25, 0.3) is 0 Å². The minimum atomic E-state index is 0.651. The third-order valence-electron chi connectivity index (χ3n) is 3.88. The Morgan fingerprint density at radius 1 is 1.18 bits per heavy atom. The zero-order chi connectivity index (χ0) is 11.2. The largest absolute Gasteiger partial charge is 0.486 e. The molecule has 0 amide bonds. The number of benzene rings is 1. The summed E-state index contributed by atoms with van der Waals surface area (Å²) in [4.78, 5) is 2.50. The van der Waals surface area contributed by atoms with E-state index in [1.54, 1.807) is 0 Å². The molecule has 1 atom stereocenters. The summed E-state index contributed by atoms with van der Waals surface area (Å²) in [5, 5.41) is 3.51. The first-order valence-electron chi connectivity index (χ1n) is 6.36. The van der Waals surface area contributed by atoms with Gasteiger partial charge in [-0.1, -0.05) is 0 Å². The van der Waals surface area contributed by atoms with E-state index in [1.165, 1.54) is 30.8 Å². The monoisotopic (exact) mass is 232 g/mol. The highest BCUT2D eigenvalue weighted by molar-refractivity contribution is 5.77. The van der Waals surface area contributed by atoms with E-state index in [-0.39, 0.29) is 0 Å². The van der Waals surface area contributed by atoms with Gasteiger partial charge in [0, 0.05) is 31.3 Å². The average molecular weight is 232 g/mol. The Bertz CT molecular complexity index is 461. The molecule has 3 aliphatic rings. The lowest BCUT2D eigenvalue weighted by Crippen LogP contribution is -2.39. The predicted molar refractivity (Wildman–Crippen MR) is 66.3 cm³/mol. The van der Waals surface area contributed by atoms with Crippen molar-refractivity contribution < 1.29 is 9.47 Å². The molecule has 0 aliphatic carbocycles. The highest BCUT2D eigenvalue weighted by Crippen LogP contribution is 2.43. The van der Waals surface area contributed by atoms with E-state index in [0.29, 0.717) is 19.3 Å². The van der Waals surface area contributed by atoms with Gasteiger partial charge in [-0.25, -0.2) is 0 Å². The molecule has 0 spiro atoms. The SMILES string of the molecule is c1c2c(cc3c1OCCO3)N1CCCC1CN2. The van der Waals surface area contributed by atoms with Gasteiger partial charge in [-0.3, -0.25) is 0 Å². The summed E-state index contributed by atoms with van der Waals surface area (Å²) in [6.07, 6.45) is 2.58. The van der Waals surface area contributed by atoms with Crippen molar-refractivity contribution in [2.24, 2.45) is 0 Å². The lowest BCUT2D eigenvalue weighted by atomic mass is 10.1. The van der Waals surface area contributed by atoms with E-state index in [0.717, 1.165) is 18.0 Å². The molecule has 0 saturated carbocycles. The zero-order valence-electron chi connectivity index (χ0n) is 9.74. The second-order valence-corrected chi connectivity index (χ2v) is 4.88. The second-order valence-electron chi connectivity index (χ2n) is 4.88. The first-order chi connectivity index (χ1) is 8.42. The van der Waals surface area contributed by atoms with Crippen molar-refractivity contribution in [3.8, 4) is 11.5 Å². The molecule has 0 aromatic heterocycles. The predicted octanol–water partition coefficient (Wildman–Crippen LogP) is 1.85. The fraction of sp³-hybridized carbons (Fsp3) is 0.538. The van der Waals surface area contributed by atoms with Crippen molar-refractivity contribution in [1.82, 2.24) is 0 Å². The molecule has 3 aliphatic heterocycles. The van der Waals surface area contributed by atoms with Gasteiger partial charge >= 0.3 is 0 Å². The molecule has 4 rings (SSSR count). The Morgan fingerprint density at radius 2 is 2.00 bits per heavy atom. The van der Waals surface area contributed by atoms with Crippen LogP contribution in [0.1, 0.15) is 12.8 Å². The van der Waals surface area contributed by atoms with E-state index < -0.39 is 0 Å². The number of nitrogens with one attached hydrogen (secondary N) is 1. The first-order valence-corrected chi connectivity index (χ1v) is 6.36. The van der Waals surface area contributed by atoms with Crippen molar-refractivity contribution in [3.05, 3.63) is 12.1 Å². The molecule has 17 heavy (non-hydrogen) atoms.